The first-order valence-electron chi connectivity index (χ1n) is 11.2. The van der Waals surface area contributed by atoms with Crippen molar-refractivity contribution in [3.63, 3.8) is 0 Å². The van der Waals surface area contributed by atoms with E-state index in [9.17, 15) is 30.8 Å². The summed E-state index contributed by atoms with van der Waals surface area (Å²) in [6, 6.07) is 6.06. The first kappa shape index (κ1) is 26.6. The Bertz CT molecular complexity index is 1400. The first-order chi connectivity index (χ1) is 17.3. The molecule has 0 aliphatic carbocycles. The number of sulfonamides is 1. The van der Waals surface area contributed by atoms with Crippen LogP contribution in [0.2, 0.25) is 0 Å². The molecule has 3 heterocycles. The van der Waals surface area contributed by atoms with E-state index >= 15 is 0 Å². The number of amides is 1. The maximum atomic E-state index is 14.2. The van der Waals surface area contributed by atoms with Crippen molar-refractivity contribution in [3.05, 3.63) is 71.7 Å². The Hall–Kier alpha value is -3.45. The van der Waals surface area contributed by atoms with Gasteiger partial charge in [-0.05, 0) is 48.9 Å². The number of nitrogens with one attached hydrogen (secondary N) is 1. The molecule has 13 heteroatoms. The maximum absolute atomic E-state index is 14.2. The van der Waals surface area contributed by atoms with Gasteiger partial charge >= 0.3 is 5.92 Å². The van der Waals surface area contributed by atoms with Crippen molar-refractivity contribution in [3.8, 4) is 11.3 Å². The van der Waals surface area contributed by atoms with Crippen molar-refractivity contribution in [2.24, 2.45) is 0 Å². The second kappa shape index (κ2) is 10.1. The Morgan fingerprint density at radius 1 is 1.16 bits per heavy atom. The van der Waals surface area contributed by atoms with E-state index in [0.717, 1.165) is 28.6 Å². The van der Waals surface area contributed by atoms with Crippen molar-refractivity contribution >= 4 is 15.9 Å². The number of aromatic nitrogens is 3. The lowest BCUT2D eigenvalue weighted by molar-refractivity contribution is -0.124. The Balaban J connectivity index is 1.50. The monoisotopic (exact) mass is 537 g/mol. The molecule has 0 unspecified atom stereocenters. The standard InChI is InChI=1S/C24H23F4N5O3S/c1-14-7-15(8-20(32-14)16-11-30-23(31-12-16)24(2,27)28)10-29-22(34)21-9-18(26)13-33(21)37(35,36)19-5-3-17(25)4-6-19/h3-8,11-12,18,21H,9-10,13H2,1-2H3,(H,29,34)/t18-,21+/m1/s1. The Morgan fingerprint density at radius 2 is 1.81 bits per heavy atom. The predicted octanol–water partition coefficient (Wildman–Crippen LogP) is 3.52. The van der Waals surface area contributed by atoms with Crippen LogP contribution in [0.25, 0.3) is 11.3 Å². The molecule has 8 nitrogen and oxygen atoms in total. The van der Waals surface area contributed by atoms with Gasteiger partial charge in [-0.1, -0.05) is 0 Å². The van der Waals surface area contributed by atoms with Crippen LogP contribution >= 0.6 is 0 Å². The van der Waals surface area contributed by atoms with Crippen LogP contribution in [0.5, 0.6) is 0 Å². The van der Waals surface area contributed by atoms with Crippen molar-refractivity contribution in [1.29, 1.82) is 0 Å². The molecule has 2 aromatic heterocycles. The van der Waals surface area contributed by atoms with Gasteiger partial charge in [0.25, 0.3) is 0 Å². The molecule has 0 spiro atoms. The Morgan fingerprint density at radius 3 is 2.43 bits per heavy atom. The van der Waals surface area contributed by atoms with Crippen LogP contribution in [0.3, 0.4) is 0 Å². The molecule has 2 atom stereocenters. The summed E-state index contributed by atoms with van der Waals surface area (Å²) in [5.41, 5.74) is 1.93. The van der Waals surface area contributed by atoms with Crippen LogP contribution in [-0.4, -0.2) is 52.3 Å². The number of hydrogen-bond donors (Lipinski definition) is 1. The van der Waals surface area contributed by atoms with E-state index in [2.05, 4.69) is 20.3 Å². The van der Waals surface area contributed by atoms with Crippen LogP contribution in [-0.2, 0) is 27.3 Å². The normalized spacial score (nSPS) is 18.6. The molecule has 1 aliphatic rings. The lowest BCUT2D eigenvalue weighted by atomic mass is 10.1. The van der Waals surface area contributed by atoms with E-state index in [0.29, 0.717) is 29.4 Å². The highest BCUT2D eigenvalue weighted by molar-refractivity contribution is 7.89. The largest absolute Gasteiger partial charge is 0.351 e. The summed E-state index contributed by atoms with van der Waals surface area (Å²) in [6.45, 7) is 1.86. The lowest BCUT2D eigenvalue weighted by Gasteiger charge is -2.23. The number of alkyl halides is 3. The molecule has 0 radical (unpaired) electrons. The molecule has 0 saturated carbocycles. The Labute approximate surface area is 210 Å². The summed E-state index contributed by atoms with van der Waals surface area (Å²) in [6.07, 6.45) is 0.585. The predicted molar refractivity (Wildman–Crippen MR) is 125 cm³/mol. The third-order valence-electron chi connectivity index (χ3n) is 5.75. The van der Waals surface area contributed by atoms with E-state index in [1.54, 1.807) is 19.1 Å². The van der Waals surface area contributed by atoms with Crippen molar-refractivity contribution in [1.82, 2.24) is 24.6 Å². The maximum Gasteiger partial charge on any atom is 0.303 e. The van der Waals surface area contributed by atoms with Crippen LogP contribution in [0.4, 0.5) is 17.6 Å². The van der Waals surface area contributed by atoms with Crippen LogP contribution in [0.15, 0.2) is 53.7 Å². The summed E-state index contributed by atoms with van der Waals surface area (Å²) < 4.78 is 81.1. The average Bonchev–Trinajstić information content (AvgIpc) is 3.25. The first-order valence-corrected chi connectivity index (χ1v) is 12.7. The fraction of sp³-hybridized carbons (Fsp3) is 0.333. The second-order valence-electron chi connectivity index (χ2n) is 8.78. The smallest absolute Gasteiger partial charge is 0.303 e. The highest BCUT2D eigenvalue weighted by Gasteiger charge is 2.44. The average molecular weight is 538 g/mol. The zero-order chi connectivity index (χ0) is 27.0. The summed E-state index contributed by atoms with van der Waals surface area (Å²) in [7, 11) is -4.24. The second-order valence-corrected chi connectivity index (χ2v) is 10.7. The van der Waals surface area contributed by atoms with Gasteiger partial charge in [0.2, 0.25) is 15.9 Å². The molecular weight excluding hydrogens is 514 g/mol. The summed E-state index contributed by atoms with van der Waals surface area (Å²) >= 11 is 0. The zero-order valence-electron chi connectivity index (χ0n) is 19.8. The number of hydrogen-bond acceptors (Lipinski definition) is 6. The highest BCUT2D eigenvalue weighted by Crippen LogP contribution is 2.29. The molecule has 0 bridgehead atoms. The van der Waals surface area contributed by atoms with E-state index < -0.39 is 52.3 Å². The molecular formula is C24H23F4N5O3S. The number of benzene rings is 1. The number of halogens is 4. The zero-order valence-corrected chi connectivity index (χ0v) is 20.6. The summed E-state index contributed by atoms with van der Waals surface area (Å²) in [4.78, 5) is 24.4. The van der Waals surface area contributed by atoms with E-state index in [-0.39, 0.29) is 17.9 Å². The van der Waals surface area contributed by atoms with Gasteiger partial charge < -0.3 is 5.32 Å². The van der Waals surface area contributed by atoms with Crippen LogP contribution in [0.1, 0.15) is 30.4 Å². The van der Waals surface area contributed by atoms with E-state index in [4.69, 9.17) is 0 Å². The molecule has 3 aromatic rings. The molecule has 1 aromatic carbocycles. The summed E-state index contributed by atoms with van der Waals surface area (Å²) in [5, 5.41) is 2.63. The number of carbonyl (C=O) groups excluding carboxylic acids is 1. The fourth-order valence-electron chi connectivity index (χ4n) is 3.99. The van der Waals surface area contributed by atoms with Gasteiger partial charge in [-0.25, -0.2) is 27.2 Å². The van der Waals surface area contributed by atoms with Crippen LogP contribution in [0, 0.1) is 12.7 Å². The van der Waals surface area contributed by atoms with Gasteiger partial charge in [-0.15, -0.1) is 0 Å². The minimum atomic E-state index is -4.24. The number of aryl methyl sites for hydroxylation is 1. The highest BCUT2D eigenvalue weighted by atomic mass is 32.2. The van der Waals surface area contributed by atoms with Gasteiger partial charge in [0.05, 0.1) is 10.6 Å². The molecule has 37 heavy (non-hydrogen) atoms. The number of carbonyl (C=O) groups is 1. The topological polar surface area (TPSA) is 105 Å². The van der Waals surface area contributed by atoms with E-state index in [1.165, 1.54) is 12.4 Å². The quantitative estimate of drug-likeness (QED) is 0.463. The van der Waals surface area contributed by atoms with Crippen molar-refractivity contribution in [2.75, 3.05) is 6.54 Å². The fourth-order valence-corrected chi connectivity index (χ4v) is 5.61. The molecule has 1 saturated heterocycles. The van der Waals surface area contributed by atoms with E-state index in [1.807, 2.05) is 0 Å². The molecule has 1 fully saturated rings. The third kappa shape index (κ3) is 5.93. The van der Waals surface area contributed by atoms with Crippen molar-refractivity contribution < 1.29 is 30.8 Å². The minimum Gasteiger partial charge on any atom is -0.351 e. The van der Waals surface area contributed by atoms with Gasteiger partial charge in [0.15, 0.2) is 5.82 Å². The number of nitrogens with zero attached hydrogens (tertiary/aromatic N) is 4. The molecule has 196 valence electrons. The number of rotatable bonds is 7. The molecule has 1 aliphatic heterocycles. The third-order valence-corrected chi connectivity index (χ3v) is 7.64. The number of pyridine rings is 1. The lowest BCUT2D eigenvalue weighted by Crippen LogP contribution is -2.45. The molecule has 4 rings (SSSR count). The van der Waals surface area contributed by atoms with Crippen molar-refractivity contribution in [2.45, 2.75) is 49.8 Å². The Kier molecular flexibility index (Phi) is 7.29. The molecule has 1 N–H and O–H groups in total. The van der Waals surface area contributed by atoms with Gasteiger partial charge in [-0.2, -0.15) is 13.1 Å². The van der Waals surface area contributed by atoms with Crippen LogP contribution < -0.4 is 5.32 Å². The summed E-state index contributed by atoms with van der Waals surface area (Å²) in [5.74, 6) is -5.14. The van der Waals surface area contributed by atoms with Gasteiger partial charge in [-0.3, -0.25) is 9.78 Å². The minimum absolute atomic E-state index is 0.0287. The molecule has 1 amide bonds. The SMILES string of the molecule is Cc1cc(CNC(=O)[C@@H]2C[C@@H](F)CN2S(=O)(=O)c2ccc(F)cc2)cc(-c2cnc(C(C)(F)F)nc2)n1. The van der Waals surface area contributed by atoms with Gasteiger partial charge in [0.1, 0.15) is 18.0 Å². The van der Waals surface area contributed by atoms with Gasteiger partial charge in [0, 0.05) is 50.1 Å².